The minimum atomic E-state index is -4.33. The Hall–Kier alpha value is -1.72. The average Bonchev–Trinajstić information content (AvgIpc) is 2.14. The number of nitrogens with one attached hydrogen (secondary N) is 1. The molecule has 1 aromatic rings. The van der Waals surface area contributed by atoms with Crippen LogP contribution in [0.2, 0.25) is 0 Å². The third kappa shape index (κ3) is 3.49. The minimum Gasteiger partial charge on any atom is -0.376 e. The van der Waals surface area contributed by atoms with Gasteiger partial charge in [0.1, 0.15) is 6.54 Å². The van der Waals surface area contributed by atoms with Gasteiger partial charge in [-0.05, 0) is 12.1 Å². The molecule has 0 heterocycles. The molecule has 6 heteroatoms. The summed E-state index contributed by atoms with van der Waals surface area (Å²) in [7, 11) is 0. The second-order valence-electron chi connectivity index (χ2n) is 2.88. The van der Waals surface area contributed by atoms with E-state index in [2.05, 4.69) is 5.32 Å². The van der Waals surface area contributed by atoms with Crippen molar-refractivity contribution >= 4 is 11.6 Å². The Balaban J connectivity index is 2.81. The summed E-state index contributed by atoms with van der Waals surface area (Å²) in [6.07, 6.45) is -4.33. The molecule has 1 aromatic carbocycles. The van der Waals surface area contributed by atoms with E-state index in [1.165, 1.54) is 24.3 Å². The number of anilines is 1. The first-order valence-electron chi connectivity index (χ1n) is 4.09. The van der Waals surface area contributed by atoms with Crippen molar-refractivity contribution in [2.45, 2.75) is 6.18 Å². The zero-order valence-corrected chi connectivity index (χ0v) is 7.64. The number of alkyl halides is 3. The molecule has 0 aromatic heterocycles. The van der Waals surface area contributed by atoms with Crippen molar-refractivity contribution in [3.8, 4) is 0 Å². The number of rotatable bonds is 3. The van der Waals surface area contributed by atoms with Crippen LogP contribution in [-0.2, 0) is 0 Å². The van der Waals surface area contributed by atoms with Gasteiger partial charge in [-0.25, -0.2) is 0 Å². The maximum atomic E-state index is 11.9. The van der Waals surface area contributed by atoms with E-state index in [-0.39, 0.29) is 11.3 Å². The minimum absolute atomic E-state index is 0.0433. The Labute approximate surface area is 84.1 Å². The van der Waals surface area contributed by atoms with Crippen molar-refractivity contribution in [2.24, 2.45) is 5.73 Å². The predicted octanol–water partition coefficient (Wildman–Crippen LogP) is 1.76. The first-order chi connectivity index (χ1) is 6.90. The first kappa shape index (κ1) is 11.4. The molecule has 0 aliphatic heterocycles. The molecule has 1 amide bonds. The van der Waals surface area contributed by atoms with E-state index in [4.69, 9.17) is 5.73 Å². The lowest BCUT2D eigenvalue weighted by Gasteiger charge is -2.11. The fraction of sp³-hybridized carbons (Fsp3) is 0.222. The Morgan fingerprint density at radius 3 is 2.47 bits per heavy atom. The summed E-state index contributed by atoms with van der Waals surface area (Å²) in [6.45, 7) is -1.20. The van der Waals surface area contributed by atoms with Crippen LogP contribution in [0.15, 0.2) is 24.3 Å². The molecule has 0 bridgehead atoms. The summed E-state index contributed by atoms with van der Waals surface area (Å²) in [5.41, 5.74) is 5.12. The molecule has 0 unspecified atom stereocenters. The summed E-state index contributed by atoms with van der Waals surface area (Å²) in [5, 5.41) is 2.11. The van der Waals surface area contributed by atoms with E-state index >= 15 is 0 Å². The van der Waals surface area contributed by atoms with E-state index in [9.17, 15) is 18.0 Å². The van der Waals surface area contributed by atoms with E-state index < -0.39 is 18.6 Å². The second kappa shape index (κ2) is 4.20. The van der Waals surface area contributed by atoms with Crippen molar-refractivity contribution in [1.29, 1.82) is 0 Å². The number of primary amides is 1. The molecule has 0 atom stereocenters. The number of hydrogen-bond donors (Lipinski definition) is 2. The second-order valence-corrected chi connectivity index (χ2v) is 2.88. The van der Waals surface area contributed by atoms with Crippen LogP contribution in [0.4, 0.5) is 18.9 Å². The average molecular weight is 218 g/mol. The van der Waals surface area contributed by atoms with E-state index in [1.807, 2.05) is 0 Å². The maximum absolute atomic E-state index is 11.9. The summed E-state index contributed by atoms with van der Waals surface area (Å²) in [6, 6.07) is 5.77. The SMILES string of the molecule is NC(=O)c1ccccc1NCC(F)(F)F. The first-order valence-corrected chi connectivity index (χ1v) is 4.09. The van der Waals surface area contributed by atoms with E-state index in [1.54, 1.807) is 0 Å². The lowest BCUT2D eigenvalue weighted by molar-refractivity contribution is -0.115. The van der Waals surface area contributed by atoms with Gasteiger partial charge in [0, 0.05) is 5.69 Å². The number of nitrogens with two attached hydrogens (primary N) is 1. The summed E-state index contributed by atoms with van der Waals surface area (Å²) in [5.74, 6) is -0.764. The smallest absolute Gasteiger partial charge is 0.376 e. The van der Waals surface area contributed by atoms with Gasteiger partial charge in [-0.15, -0.1) is 0 Å². The van der Waals surface area contributed by atoms with Crippen molar-refractivity contribution in [1.82, 2.24) is 0 Å². The number of carbonyl (C=O) groups is 1. The molecule has 0 spiro atoms. The predicted molar refractivity (Wildman–Crippen MR) is 49.5 cm³/mol. The molecule has 0 radical (unpaired) electrons. The largest absolute Gasteiger partial charge is 0.405 e. The molecule has 0 saturated carbocycles. The molecule has 1 rings (SSSR count). The van der Waals surface area contributed by atoms with Gasteiger partial charge in [-0.2, -0.15) is 13.2 Å². The number of hydrogen-bond acceptors (Lipinski definition) is 2. The zero-order chi connectivity index (χ0) is 11.5. The molecule has 0 saturated heterocycles. The van der Waals surface area contributed by atoms with Crippen LogP contribution in [0.3, 0.4) is 0 Å². The standard InChI is InChI=1S/C9H9F3N2O/c10-9(11,12)5-14-7-4-2-1-3-6(7)8(13)15/h1-4,14H,5H2,(H2,13,15). The van der Waals surface area contributed by atoms with Gasteiger partial charge in [-0.3, -0.25) is 4.79 Å². The Kier molecular flexibility index (Phi) is 3.18. The number of para-hydroxylation sites is 1. The van der Waals surface area contributed by atoms with Crippen LogP contribution in [0.1, 0.15) is 10.4 Å². The van der Waals surface area contributed by atoms with Crippen LogP contribution in [-0.4, -0.2) is 18.6 Å². The number of benzene rings is 1. The van der Waals surface area contributed by atoms with Gasteiger partial charge in [-0.1, -0.05) is 12.1 Å². The van der Waals surface area contributed by atoms with Crippen LogP contribution >= 0.6 is 0 Å². The van der Waals surface area contributed by atoms with Gasteiger partial charge >= 0.3 is 6.18 Å². The number of carbonyl (C=O) groups excluding carboxylic acids is 1. The fourth-order valence-electron chi connectivity index (χ4n) is 1.05. The van der Waals surface area contributed by atoms with Crippen molar-refractivity contribution in [3.05, 3.63) is 29.8 Å². The number of halogens is 3. The van der Waals surface area contributed by atoms with E-state index in [0.717, 1.165) is 0 Å². The molecule has 15 heavy (non-hydrogen) atoms. The molecular weight excluding hydrogens is 209 g/mol. The van der Waals surface area contributed by atoms with Gasteiger partial charge in [0.15, 0.2) is 0 Å². The highest BCUT2D eigenvalue weighted by molar-refractivity contribution is 5.98. The Bertz CT molecular complexity index is 363. The third-order valence-electron chi connectivity index (χ3n) is 1.67. The van der Waals surface area contributed by atoms with Crippen LogP contribution in [0, 0.1) is 0 Å². The monoisotopic (exact) mass is 218 g/mol. The summed E-state index contributed by atoms with van der Waals surface area (Å²) >= 11 is 0. The van der Waals surface area contributed by atoms with Gasteiger partial charge < -0.3 is 11.1 Å². The van der Waals surface area contributed by atoms with E-state index in [0.29, 0.717) is 0 Å². The highest BCUT2D eigenvalue weighted by atomic mass is 19.4. The Morgan fingerprint density at radius 1 is 1.33 bits per heavy atom. The molecule has 82 valence electrons. The number of amides is 1. The van der Waals surface area contributed by atoms with Gasteiger partial charge in [0.05, 0.1) is 5.56 Å². The van der Waals surface area contributed by atoms with Crippen molar-refractivity contribution in [2.75, 3.05) is 11.9 Å². The quantitative estimate of drug-likeness (QED) is 0.812. The molecule has 0 aliphatic rings. The summed E-state index contributed by atoms with van der Waals surface area (Å²) in [4.78, 5) is 10.8. The summed E-state index contributed by atoms with van der Waals surface area (Å²) < 4.78 is 35.7. The van der Waals surface area contributed by atoms with Crippen LogP contribution in [0.25, 0.3) is 0 Å². The van der Waals surface area contributed by atoms with Crippen LogP contribution < -0.4 is 11.1 Å². The maximum Gasteiger partial charge on any atom is 0.405 e. The lowest BCUT2D eigenvalue weighted by atomic mass is 10.1. The molecular formula is C9H9F3N2O. The molecule has 0 aliphatic carbocycles. The van der Waals surface area contributed by atoms with Crippen molar-refractivity contribution in [3.63, 3.8) is 0 Å². The molecule has 3 nitrogen and oxygen atoms in total. The third-order valence-corrected chi connectivity index (χ3v) is 1.67. The molecule has 0 fully saturated rings. The van der Waals surface area contributed by atoms with Gasteiger partial charge in [0.25, 0.3) is 5.91 Å². The lowest BCUT2D eigenvalue weighted by Crippen LogP contribution is -2.23. The highest BCUT2D eigenvalue weighted by Gasteiger charge is 2.27. The Morgan fingerprint density at radius 2 is 1.93 bits per heavy atom. The fourth-order valence-corrected chi connectivity index (χ4v) is 1.05. The van der Waals surface area contributed by atoms with Gasteiger partial charge in [0.2, 0.25) is 0 Å². The normalized spacial score (nSPS) is 11.1. The highest BCUT2D eigenvalue weighted by Crippen LogP contribution is 2.19. The van der Waals surface area contributed by atoms with Crippen LogP contribution in [0.5, 0.6) is 0 Å². The zero-order valence-electron chi connectivity index (χ0n) is 7.64. The van der Waals surface area contributed by atoms with Crippen molar-refractivity contribution < 1.29 is 18.0 Å². The molecule has 3 N–H and O–H groups in total. The topological polar surface area (TPSA) is 55.1 Å².